The van der Waals surface area contributed by atoms with Crippen molar-refractivity contribution in [3.05, 3.63) is 35.5 Å². The summed E-state index contributed by atoms with van der Waals surface area (Å²) >= 11 is 0. The van der Waals surface area contributed by atoms with Gasteiger partial charge in [-0.3, -0.25) is 0 Å². The highest BCUT2D eigenvalue weighted by molar-refractivity contribution is 5.80. The van der Waals surface area contributed by atoms with Crippen molar-refractivity contribution >= 4 is 5.97 Å². The predicted octanol–water partition coefficient (Wildman–Crippen LogP) is 5.25. The lowest BCUT2D eigenvalue weighted by molar-refractivity contribution is -0.154. The van der Waals surface area contributed by atoms with Crippen LogP contribution in [0.1, 0.15) is 85.0 Å². The highest BCUT2D eigenvalue weighted by Crippen LogP contribution is 2.60. The maximum absolute atomic E-state index is 11.9. The van der Waals surface area contributed by atoms with Crippen molar-refractivity contribution in [1.29, 1.82) is 0 Å². The van der Waals surface area contributed by atoms with Crippen molar-refractivity contribution in [1.82, 2.24) is 0 Å². The lowest BCUT2D eigenvalue weighted by Gasteiger charge is -2.44. The van der Waals surface area contributed by atoms with Crippen LogP contribution in [0.25, 0.3) is 0 Å². The van der Waals surface area contributed by atoms with E-state index < -0.39 is 11.6 Å². The van der Waals surface area contributed by atoms with E-state index >= 15 is 0 Å². The van der Waals surface area contributed by atoms with E-state index in [9.17, 15) is 15.0 Å². The number of carbonyl (C=O) groups is 1. The van der Waals surface area contributed by atoms with E-state index in [0.29, 0.717) is 24.2 Å². The molecule has 1 heterocycles. The van der Waals surface area contributed by atoms with E-state index in [1.54, 1.807) is 12.5 Å². The summed E-state index contributed by atoms with van der Waals surface area (Å²) in [6.45, 7) is 10.6. The molecule has 0 radical (unpaired) electrons. The molecule has 4 rings (SSSR count). The molecule has 0 aromatic heterocycles. The number of carbonyl (C=O) groups excluding carboxylic acids is 1. The molecule has 0 bridgehead atoms. The molecule has 3 aliphatic carbocycles. The third-order valence-electron chi connectivity index (χ3n) is 8.89. The number of rotatable bonds is 4. The van der Waals surface area contributed by atoms with Crippen LogP contribution < -0.4 is 0 Å². The largest absolute Gasteiger partial charge is 0.460 e. The SMILES string of the molecule is C=C1CCC(O)C/C1=C\C=C1\CCCC2(C)C1CCC2C(C)CC1CC(C)(O)C(=O)O1. The maximum Gasteiger partial charge on any atom is 0.338 e. The zero-order chi connectivity index (χ0) is 22.4. The normalized spacial score (nSPS) is 44.5. The molecule has 1 aliphatic heterocycles. The van der Waals surface area contributed by atoms with Gasteiger partial charge < -0.3 is 14.9 Å². The van der Waals surface area contributed by atoms with Gasteiger partial charge in [-0.05, 0) is 93.5 Å². The van der Waals surface area contributed by atoms with E-state index in [4.69, 9.17) is 4.74 Å². The first kappa shape index (κ1) is 22.8. The Balaban J connectivity index is 1.46. The second-order valence-electron chi connectivity index (χ2n) is 11.2. The highest BCUT2D eigenvalue weighted by atomic mass is 16.6. The summed E-state index contributed by atoms with van der Waals surface area (Å²) < 4.78 is 5.48. The summed E-state index contributed by atoms with van der Waals surface area (Å²) in [5, 5.41) is 20.2. The smallest absolute Gasteiger partial charge is 0.338 e. The first-order valence-corrected chi connectivity index (χ1v) is 12.3. The summed E-state index contributed by atoms with van der Waals surface area (Å²) in [5.41, 5.74) is 2.93. The zero-order valence-electron chi connectivity index (χ0n) is 19.5. The third-order valence-corrected chi connectivity index (χ3v) is 8.89. The Morgan fingerprint density at radius 3 is 2.71 bits per heavy atom. The van der Waals surface area contributed by atoms with E-state index in [0.717, 1.165) is 25.7 Å². The van der Waals surface area contributed by atoms with Gasteiger partial charge in [-0.2, -0.15) is 0 Å². The van der Waals surface area contributed by atoms with Crippen molar-refractivity contribution in [3.8, 4) is 0 Å². The fourth-order valence-corrected chi connectivity index (χ4v) is 7.17. The van der Waals surface area contributed by atoms with E-state index in [1.165, 1.54) is 43.3 Å². The number of fused-ring (bicyclic) bond motifs is 1. The van der Waals surface area contributed by atoms with Gasteiger partial charge in [-0.1, -0.05) is 43.7 Å². The average molecular weight is 429 g/mol. The Morgan fingerprint density at radius 1 is 1.23 bits per heavy atom. The van der Waals surface area contributed by atoms with Crippen LogP contribution in [-0.4, -0.2) is 34.0 Å². The molecule has 31 heavy (non-hydrogen) atoms. The molecule has 172 valence electrons. The summed E-state index contributed by atoms with van der Waals surface area (Å²) in [4.78, 5) is 11.9. The molecule has 0 spiro atoms. The fourth-order valence-electron chi connectivity index (χ4n) is 7.17. The molecule has 4 heteroatoms. The first-order chi connectivity index (χ1) is 14.6. The molecule has 3 saturated carbocycles. The zero-order valence-corrected chi connectivity index (χ0v) is 19.5. The van der Waals surface area contributed by atoms with Gasteiger partial charge in [-0.25, -0.2) is 4.79 Å². The Labute approximate surface area is 187 Å². The minimum Gasteiger partial charge on any atom is -0.460 e. The molecule has 1 saturated heterocycles. The van der Waals surface area contributed by atoms with Crippen molar-refractivity contribution in [2.24, 2.45) is 23.2 Å². The quantitative estimate of drug-likeness (QED) is 0.600. The van der Waals surface area contributed by atoms with Crippen LogP contribution >= 0.6 is 0 Å². The number of allylic oxidation sites excluding steroid dienone is 4. The molecule has 7 unspecified atom stereocenters. The lowest BCUT2D eigenvalue weighted by atomic mass is 9.60. The van der Waals surface area contributed by atoms with E-state index in [2.05, 4.69) is 32.6 Å². The maximum atomic E-state index is 11.9. The van der Waals surface area contributed by atoms with Crippen LogP contribution in [0.15, 0.2) is 35.5 Å². The van der Waals surface area contributed by atoms with Crippen LogP contribution in [0, 0.1) is 23.2 Å². The van der Waals surface area contributed by atoms with Crippen LogP contribution in [0.5, 0.6) is 0 Å². The summed E-state index contributed by atoms with van der Waals surface area (Å²) in [6, 6.07) is 0. The Bertz CT molecular complexity index is 791. The summed E-state index contributed by atoms with van der Waals surface area (Å²) in [7, 11) is 0. The Kier molecular flexibility index (Phi) is 6.26. The van der Waals surface area contributed by atoms with E-state index in [1.807, 2.05) is 0 Å². The Morgan fingerprint density at radius 2 is 2.00 bits per heavy atom. The van der Waals surface area contributed by atoms with Crippen molar-refractivity contribution in [2.45, 2.75) is 103 Å². The first-order valence-electron chi connectivity index (χ1n) is 12.3. The number of hydrogen-bond donors (Lipinski definition) is 2. The number of aliphatic hydroxyl groups excluding tert-OH is 1. The van der Waals surface area contributed by atoms with Crippen molar-refractivity contribution in [3.63, 3.8) is 0 Å². The number of aliphatic hydroxyl groups is 2. The number of ether oxygens (including phenoxy) is 1. The van der Waals surface area contributed by atoms with Gasteiger partial charge in [0.05, 0.1) is 6.10 Å². The van der Waals surface area contributed by atoms with Crippen molar-refractivity contribution in [2.75, 3.05) is 0 Å². The molecule has 0 aromatic carbocycles. The third kappa shape index (κ3) is 4.43. The second kappa shape index (κ2) is 8.51. The molecular weight excluding hydrogens is 388 g/mol. The molecule has 0 amide bonds. The molecular formula is C27H40O4. The summed E-state index contributed by atoms with van der Waals surface area (Å²) in [5.74, 6) is 1.23. The van der Waals surface area contributed by atoms with Crippen LogP contribution in [0.3, 0.4) is 0 Å². The van der Waals surface area contributed by atoms with Gasteiger partial charge in [0.1, 0.15) is 6.10 Å². The van der Waals surface area contributed by atoms with Crippen LogP contribution in [0.2, 0.25) is 0 Å². The standard InChI is InChI=1S/C27H40O4/c1-17-7-10-21(28)15-20(17)9-8-19-6-5-13-26(3)23(11-12-24(19)26)18(2)14-22-16-27(4,30)25(29)31-22/h8-9,18,21-24,28,30H,1,5-7,10-16H2,2-4H3/b19-8-,20-9+. The molecule has 7 atom stereocenters. The molecule has 0 aromatic rings. The van der Waals surface area contributed by atoms with Gasteiger partial charge in [0.2, 0.25) is 0 Å². The van der Waals surface area contributed by atoms with E-state index in [-0.39, 0.29) is 17.6 Å². The van der Waals surface area contributed by atoms with Gasteiger partial charge >= 0.3 is 5.97 Å². The highest BCUT2D eigenvalue weighted by Gasteiger charge is 2.52. The average Bonchev–Trinajstić information content (AvgIpc) is 3.17. The van der Waals surface area contributed by atoms with Crippen LogP contribution in [0.4, 0.5) is 0 Å². The van der Waals surface area contributed by atoms with Gasteiger partial charge in [-0.15, -0.1) is 0 Å². The van der Waals surface area contributed by atoms with Crippen LogP contribution in [-0.2, 0) is 9.53 Å². The topological polar surface area (TPSA) is 66.8 Å². The molecule has 4 nitrogen and oxygen atoms in total. The second-order valence-corrected chi connectivity index (χ2v) is 11.2. The Hall–Kier alpha value is -1.39. The molecule has 2 N–H and O–H groups in total. The minimum absolute atomic E-state index is 0.160. The number of hydrogen-bond acceptors (Lipinski definition) is 4. The number of esters is 1. The molecule has 4 aliphatic rings. The van der Waals surface area contributed by atoms with Gasteiger partial charge in [0, 0.05) is 6.42 Å². The lowest BCUT2D eigenvalue weighted by Crippen LogP contribution is -2.36. The fraction of sp³-hybridized carbons (Fsp3) is 0.741. The molecule has 4 fully saturated rings. The monoisotopic (exact) mass is 428 g/mol. The van der Waals surface area contributed by atoms with Gasteiger partial charge in [0.25, 0.3) is 0 Å². The predicted molar refractivity (Wildman–Crippen MR) is 122 cm³/mol. The number of cyclic esters (lactones) is 1. The van der Waals surface area contributed by atoms with Gasteiger partial charge in [0.15, 0.2) is 5.60 Å². The summed E-state index contributed by atoms with van der Waals surface area (Å²) in [6.07, 6.45) is 14.0. The minimum atomic E-state index is -1.32. The van der Waals surface area contributed by atoms with Crippen molar-refractivity contribution < 1.29 is 19.7 Å².